The number of hydrogen-bond acceptors (Lipinski definition) is 6. The Bertz CT molecular complexity index is 1460. The van der Waals surface area contributed by atoms with Crippen molar-refractivity contribution in [2.45, 2.75) is 303 Å². The second kappa shape index (κ2) is 61.9. The molecule has 0 radical (unpaired) electrons. The van der Waals surface area contributed by atoms with Crippen LogP contribution in [0, 0.1) is 0 Å². The first-order valence-corrected chi connectivity index (χ1v) is 31.2. The first-order valence-electron chi connectivity index (χ1n) is 31.2. The van der Waals surface area contributed by atoms with E-state index in [-0.39, 0.29) is 37.5 Å². The molecule has 424 valence electrons. The number of allylic oxidation sites excluding steroid dienone is 16. The van der Waals surface area contributed by atoms with Crippen molar-refractivity contribution in [1.82, 2.24) is 0 Å². The summed E-state index contributed by atoms with van der Waals surface area (Å²) in [5, 5.41) is 0. The van der Waals surface area contributed by atoms with E-state index in [1.54, 1.807) is 0 Å². The minimum atomic E-state index is -0.804. The zero-order valence-electron chi connectivity index (χ0n) is 48.6. The zero-order chi connectivity index (χ0) is 53.6. The Balaban J connectivity index is 4.23. The second-order valence-corrected chi connectivity index (χ2v) is 20.6. The average molecular weight is 1030 g/mol. The van der Waals surface area contributed by atoms with Crippen LogP contribution in [0.25, 0.3) is 0 Å². The standard InChI is InChI=1S/C68H116O6/c1-4-7-10-13-16-19-22-25-27-28-29-30-31-32-33-34-35-36-37-38-39-40-41-44-46-49-52-55-58-61-67(70)73-64-65(63-72-66(69)60-57-54-51-48-45-42-24-21-18-15-12-9-6-3)74-68(71)62-59-56-53-50-47-43-26-23-20-17-14-11-8-5-2/h7,9-10,12,16,18-19,21,25,27,29-30,42,45,51,54,65H,4-6,8,11,13-15,17,20,22-24,26,28,31-41,43-44,46-50,52-53,55-64H2,1-3H3/b10-7-,12-9-,19-16-,21-18-,27-25-,30-29-,45-42-,54-51-. The predicted molar refractivity (Wildman–Crippen MR) is 320 cm³/mol. The van der Waals surface area contributed by atoms with Gasteiger partial charge in [0.2, 0.25) is 0 Å². The van der Waals surface area contributed by atoms with Gasteiger partial charge in [-0.1, -0.05) is 291 Å². The molecule has 6 nitrogen and oxygen atoms in total. The van der Waals surface area contributed by atoms with Gasteiger partial charge in [0.1, 0.15) is 13.2 Å². The maximum absolute atomic E-state index is 12.9. The lowest BCUT2D eigenvalue weighted by atomic mass is 10.0. The highest BCUT2D eigenvalue weighted by Gasteiger charge is 2.19. The molecule has 74 heavy (non-hydrogen) atoms. The van der Waals surface area contributed by atoms with E-state index in [1.807, 2.05) is 6.08 Å². The fourth-order valence-electron chi connectivity index (χ4n) is 8.74. The van der Waals surface area contributed by atoms with Crippen molar-refractivity contribution in [3.63, 3.8) is 0 Å². The molecule has 0 saturated heterocycles. The van der Waals surface area contributed by atoms with Crippen molar-refractivity contribution in [2.24, 2.45) is 0 Å². The van der Waals surface area contributed by atoms with Gasteiger partial charge in [0.15, 0.2) is 6.10 Å². The lowest BCUT2D eigenvalue weighted by Gasteiger charge is -2.18. The summed E-state index contributed by atoms with van der Waals surface area (Å²) in [6, 6.07) is 0. The van der Waals surface area contributed by atoms with Crippen LogP contribution in [0.5, 0.6) is 0 Å². The van der Waals surface area contributed by atoms with Crippen LogP contribution in [-0.2, 0) is 28.6 Å². The van der Waals surface area contributed by atoms with E-state index in [1.165, 1.54) is 161 Å². The van der Waals surface area contributed by atoms with Crippen LogP contribution < -0.4 is 0 Å². The number of carbonyl (C=O) groups excluding carboxylic acids is 3. The summed E-state index contributed by atoms with van der Waals surface area (Å²) in [6.07, 6.45) is 83.0. The third-order valence-electron chi connectivity index (χ3n) is 13.3. The largest absolute Gasteiger partial charge is 0.462 e. The monoisotopic (exact) mass is 1030 g/mol. The molecular weight excluding hydrogens is 913 g/mol. The molecule has 0 spiro atoms. The minimum Gasteiger partial charge on any atom is -0.462 e. The molecule has 0 aliphatic heterocycles. The van der Waals surface area contributed by atoms with Crippen molar-refractivity contribution in [3.05, 3.63) is 97.2 Å². The Kier molecular flexibility index (Phi) is 58.8. The van der Waals surface area contributed by atoms with Gasteiger partial charge < -0.3 is 14.2 Å². The number of ether oxygens (including phenoxy) is 3. The summed E-state index contributed by atoms with van der Waals surface area (Å²) in [5.74, 6) is -0.971. The van der Waals surface area contributed by atoms with Crippen molar-refractivity contribution in [2.75, 3.05) is 13.2 Å². The molecule has 1 unspecified atom stereocenters. The molecule has 0 rings (SSSR count). The van der Waals surface area contributed by atoms with Crippen LogP contribution in [0.15, 0.2) is 97.2 Å². The summed E-state index contributed by atoms with van der Waals surface area (Å²) in [5.41, 5.74) is 0. The smallest absolute Gasteiger partial charge is 0.306 e. The van der Waals surface area contributed by atoms with E-state index in [0.29, 0.717) is 19.3 Å². The molecule has 0 amide bonds. The van der Waals surface area contributed by atoms with Crippen LogP contribution in [-0.4, -0.2) is 37.2 Å². The van der Waals surface area contributed by atoms with Crippen LogP contribution >= 0.6 is 0 Å². The Morgan fingerprint density at radius 1 is 0.284 bits per heavy atom. The molecule has 0 aliphatic carbocycles. The Morgan fingerprint density at radius 3 is 0.905 bits per heavy atom. The maximum atomic E-state index is 12.9. The summed E-state index contributed by atoms with van der Waals surface area (Å²) in [6.45, 7) is 6.37. The van der Waals surface area contributed by atoms with Gasteiger partial charge in [0.05, 0.1) is 0 Å². The van der Waals surface area contributed by atoms with Crippen LogP contribution in [0.3, 0.4) is 0 Å². The van der Waals surface area contributed by atoms with Crippen LogP contribution in [0.2, 0.25) is 0 Å². The molecule has 0 bridgehead atoms. The van der Waals surface area contributed by atoms with Gasteiger partial charge in [-0.15, -0.1) is 0 Å². The van der Waals surface area contributed by atoms with Gasteiger partial charge in [-0.2, -0.15) is 0 Å². The molecule has 0 aromatic rings. The highest BCUT2D eigenvalue weighted by molar-refractivity contribution is 5.71. The maximum Gasteiger partial charge on any atom is 0.306 e. The SMILES string of the molecule is CC/C=C\C/C=C\C/C=C\C/C=C\CCCCCCCCCCCCCCCCCCC(=O)OCC(COC(=O)CC/C=C\C/C=C\C/C=C\C/C=C\CC)OC(=O)CCCCCCCCCCCCCCCC. The molecule has 0 fully saturated rings. The molecule has 0 N–H and O–H groups in total. The van der Waals surface area contributed by atoms with Gasteiger partial charge in [-0.05, 0) is 83.5 Å². The van der Waals surface area contributed by atoms with Gasteiger partial charge in [0.25, 0.3) is 0 Å². The fraction of sp³-hybridized carbons (Fsp3) is 0.721. The van der Waals surface area contributed by atoms with Gasteiger partial charge >= 0.3 is 17.9 Å². The molecule has 0 aromatic heterocycles. The quantitative estimate of drug-likeness (QED) is 0.0261. The van der Waals surface area contributed by atoms with Crippen LogP contribution in [0.1, 0.15) is 297 Å². The van der Waals surface area contributed by atoms with Crippen molar-refractivity contribution >= 4 is 17.9 Å². The zero-order valence-corrected chi connectivity index (χ0v) is 48.6. The molecule has 1 atom stereocenters. The van der Waals surface area contributed by atoms with Crippen molar-refractivity contribution in [1.29, 1.82) is 0 Å². The lowest BCUT2D eigenvalue weighted by Crippen LogP contribution is -2.30. The molecule has 0 aliphatic rings. The normalized spacial score (nSPS) is 12.7. The topological polar surface area (TPSA) is 78.9 Å². The van der Waals surface area contributed by atoms with E-state index in [2.05, 4.69) is 112 Å². The van der Waals surface area contributed by atoms with E-state index < -0.39 is 6.10 Å². The van der Waals surface area contributed by atoms with Gasteiger partial charge in [-0.3, -0.25) is 14.4 Å². The highest BCUT2D eigenvalue weighted by atomic mass is 16.6. The van der Waals surface area contributed by atoms with Crippen LogP contribution in [0.4, 0.5) is 0 Å². The van der Waals surface area contributed by atoms with Crippen molar-refractivity contribution < 1.29 is 28.6 Å². The average Bonchev–Trinajstić information content (AvgIpc) is 3.40. The minimum absolute atomic E-state index is 0.0960. The Morgan fingerprint density at radius 2 is 0.554 bits per heavy atom. The fourth-order valence-corrected chi connectivity index (χ4v) is 8.74. The number of carbonyl (C=O) groups is 3. The van der Waals surface area contributed by atoms with E-state index >= 15 is 0 Å². The Labute approximate surface area is 457 Å². The van der Waals surface area contributed by atoms with E-state index in [4.69, 9.17) is 14.2 Å². The molecule has 6 heteroatoms. The van der Waals surface area contributed by atoms with E-state index in [0.717, 1.165) is 89.9 Å². The summed E-state index contributed by atoms with van der Waals surface area (Å²) < 4.78 is 16.8. The van der Waals surface area contributed by atoms with E-state index in [9.17, 15) is 14.4 Å². The third kappa shape index (κ3) is 59.2. The first kappa shape index (κ1) is 70.3. The Hall–Kier alpha value is -3.67. The summed E-state index contributed by atoms with van der Waals surface area (Å²) >= 11 is 0. The highest BCUT2D eigenvalue weighted by Crippen LogP contribution is 2.17. The third-order valence-corrected chi connectivity index (χ3v) is 13.3. The summed E-state index contributed by atoms with van der Waals surface area (Å²) in [4.78, 5) is 38.2. The second-order valence-electron chi connectivity index (χ2n) is 20.6. The van der Waals surface area contributed by atoms with Crippen molar-refractivity contribution in [3.8, 4) is 0 Å². The number of esters is 3. The molecule has 0 aromatic carbocycles. The first-order chi connectivity index (χ1) is 36.5. The number of unbranched alkanes of at least 4 members (excludes halogenated alkanes) is 29. The number of hydrogen-bond donors (Lipinski definition) is 0. The molecule has 0 saturated carbocycles. The molecule has 0 heterocycles. The van der Waals surface area contributed by atoms with Gasteiger partial charge in [0, 0.05) is 19.3 Å². The summed E-state index contributed by atoms with van der Waals surface area (Å²) in [7, 11) is 0. The van der Waals surface area contributed by atoms with Gasteiger partial charge in [-0.25, -0.2) is 0 Å². The molecular formula is C68H116O6. The lowest BCUT2D eigenvalue weighted by molar-refractivity contribution is -0.166. The number of rotatable bonds is 56. The predicted octanol–water partition coefficient (Wildman–Crippen LogP) is 21.3.